The summed E-state index contributed by atoms with van der Waals surface area (Å²) < 4.78 is 4.73. The van der Waals surface area contributed by atoms with E-state index in [0.29, 0.717) is 0 Å². The van der Waals surface area contributed by atoms with Crippen molar-refractivity contribution in [2.24, 2.45) is 5.41 Å². The molecule has 1 atom stereocenters. The highest BCUT2D eigenvalue weighted by atomic mass is 16.5. The summed E-state index contributed by atoms with van der Waals surface area (Å²) in [5.74, 6) is -1.04. The van der Waals surface area contributed by atoms with Gasteiger partial charge in [0.15, 0.2) is 0 Å². The Balaban J connectivity index is 4.62. The Bertz CT molecular complexity index is 172. The number of carboxylic acids is 1. The van der Waals surface area contributed by atoms with Crippen molar-refractivity contribution >= 4 is 5.97 Å². The van der Waals surface area contributed by atoms with Crippen LogP contribution in [0.1, 0.15) is 20.8 Å². The van der Waals surface area contributed by atoms with Crippen LogP contribution in [0.4, 0.5) is 0 Å². The van der Waals surface area contributed by atoms with E-state index < -0.39 is 17.0 Å². The Kier molecular flexibility index (Phi) is 3.24. The third kappa shape index (κ3) is 1.95. The first-order valence-corrected chi connectivity index (χ1v) is 3.70. The summed E-state index contributed by atoms with van der Waals surface area (Å²) in [6, 6.07) is 0. The summed E-state index contributed by atoms with van der Waals surface area (Å²) in [4.78, 5) is 10.7. The van der Waals surface area contributed by atoms with E-state index in [-0.39, 0.29) is 6.61 Å². The van der Waals surface area contributed by atoms with E-state index in [9.17, 15) is 9.90 Å². The summed E-state index contributed by atoms with van der Waals surface area (Å²) in [6.45, 7) is 4.39. The van der Waals surface area contributed by atoms with Crippen molar-refractivity contribution in [1.29, 1.82) is 0 Å². The predicted octanol–water partition coefficient (Wildman–Crippen LogP) is 0.495. The molecule has 0 spiro atoms. The number of carbonyl (C=O) groups is 1. The minimum Gasteiger partial charge on any atom is -0.481 e. The second-order valence-electron chi connectivity index (χ2n) is 3.64. The second kappa shape index (κ2) is 3.41. The summed E-state index contributed by atoms with van der Waals surface area (Å²) in [6.07, 6.45) is 0. The third-order valence-electron chi connectivity index (χ3n) is 2.31. The Hall–Kier alpha value is -0.610. The number of aliphatic hydroxyl groups is 1. The second-order valence-corrected chi connectivity index (χ2v) is 3.64. The van der Waals surface area contributed by atoms with E-state index in [0.717, 1.165) is 0 Å². The molecule has 0 aromatic carbocycles. The molecule has 0 rings (SSSR count). The van der Waals surface area contributed by atoms with Gasteiger partial charge >= 0.3 is 5.97 Å². The van der Waals surface area contributed by atoms with Crippen LogP contribution < -0.4 is 0 Å². The highest BCUT2D eigenvalue weighted by molar-refractivity contribution is 5.75. The summed E-state index contributed by atoms with van der Waals surface area (Å²) >= 11 is 0. The molecule has 0 aliphatic heterocycles. The van der Waals surface area contributed by atoms with Crippen LogP contribution in [-0.4, -0.2) is 35.5 Å². The van der Waals surface area contributed by atoms with Crippen LogP contribution in [0.15, 0.2) is 0 Å². The number of hydrogen-bond donors (Lipinski definition) is 2. The van der Waals surface area contributed by atoms with Crippen molar-refractivity contribution in [3.05, 3.63) is 0 Å². The Morgan fingerprint density at radius 2 is 1.83 bits per heavy atom. The quantitative estimate of drug-likeness (QED) is 0.654. The van der Waals surface area contributed by atoms with Gasteiger partial charge in [0.05, 0.1) is 12.0 Å². The third-order valence-corrected chi connectivity index (χ3v) is 2.31. The maximum Gasteiger partial charge on any atom is 0.312 e. The van der Waals surface area contributed by atoms with Crippen LogP contribution in [0.3, 0.4) is 0 Å². The van der Waals surface area contributed by atoms with E-state index in [1.54, 1.807) is 0 Å². The van der Waals surface area contributed by atoms with Gasteiger partial charge in [0.2, 0.25) is 0 Å². The highest BCUT2D eigenvalue weighted by Gasteiger charge is 2.45. The molecule has 0 amide bonds. The highest BCUT2D eigenvalue weighted by Crippen LogP contribution is 2.30. The first-order valence-electron chi connectivity index (χ1n) is 3.70. The summed E-state index contributed by atoms with van der Waals surface area (Å²) in [5.41, 5.74) is -2.56. The average Bonchev–Trinajstić information content (AvgIpc) is 1.86. The smallest absolute Gasteiger partial charge is 0.312 e. The van der Waals surface area contributed by atoms with Gasteiger partial charge in [-0.15, -0.1) is 0 Å². The Labute approximate surface area is 72.2 Å². The van der Waals surface area contributed by atoms with Gasteiger partial charge in [-0.05, 0) is 20.8 Å². The minimum atomic E-state index is -1.35. The molecule has 0 fully saturated rings. The van der Waals surface area contributed by atoms with Gasteiger partial charge in [-0.25, -0.2) is 0 Å². The molecule has 0 aliphatic rings. The summed E-state index contributed by atoms with van der Waals surface area (Å²) in [7, 11) is 1.42. The molecule has 0 saturated heterocycles. The van der Waals surface area contributed by atoms with Crippen LogP contribution in [0.5, 0.6) is 0 Å². The molecule has 0 radical (unpaired) electrons. The fourth-order valence-electron chi connectivity index (χ4n) is 0.692. The molecule has 12 heavy (non-hydrogen) atoms. The lowest BCUT2D eigenvalue weighted by molar-refractivity contribution is -0.168. The summed E-state index contributed by atoms with van der Waals surface area (Å²) in [5, 5.41) is 18.5. The average molecular weight is 176 g/mol. The number of carboxylic acid groups (broad SMARTS) is 1. The van der Waals surface area contributed by atoms with Crippen LogP contribution in [0, 0.1) is 5.41 Å². The Morgan fingerprint density at radius 3 is 2.08 bits per heavy atom. The van der Waals surface area contributed by atoms with Crippen molar-refractivity contribution in [2.75, 3.05) is 13.7 Å². The lowest BCUT2D eigenvalue weighted by Crippen LogP contribution is -2.50. The lowest BCUT2D eigenvalue weighted by Gasteiger charge is -2.35. The van der Waals surface area contributed by atoms with Gasteiger partial charge in [-0.1, -0.05) is 0 Å². The first kappa shape index (κ1) is 11.4. The molecule has 0 bridgehead atoms. The zero-order valence-corrected chi connectivity index (χ0v) is 7.92. The van der Waals surface area contributed by atoms with Crippen molar-refractivity contribution in [2.45, 2.75) is 26.4 Å². The van der Waals surface area contributed by atoms with Gasteiger partial charge in [-0.3, -0.25) is 4.79 Å². The molecular formula is C8H16O4. The van der Waals surface area contributed by atoms with E-state index in [4.69, 9.17) is 9.84 Å². The van der Waals surface area contributed by atoms with Crippen molar-refractivity contribution < 1.29 is 19.7 Å². The van der Waals surface area contributed by atoms with E-state index >= 15 is 0 Å². The molecule has 0 aliphatic carbocycles. The standard InChI is InChI=1S/C8H16O4/c1-7(2,6(9)10)8(3,11)5-12-4/h11H,5H2,1-4H3,(H,9,10). The molecule has 4 heteroatoms. The van der Waals surface area contributed by atoms with Gasteiger partial charge in [0.1, 0.15) is 5.60 Å². The number of hydrogen-bond acceptors (Lipinski definition) is 3. The van der Waals surface area contributed by atoms with Gasteiger partial charge in [-0.2, -0.15) is 0 Å². The molecule has 0 heterocycles. The zero-order valence-electron chi connectivity index (χ0n) is 7.92. The molecule has 0 aromatic heterocycles. The number of aliphatic carboxylic acids is 1. The number of methoxy groups -OCH3 is 1. The minimum absolute atomic E-state index is 0.00625. The van der Waals surface area contributed by atoms with Crippen molar-refractivity contribution in [3.8, 4) is 0 Å². The van der Waals surface area contributed by atoms with Crippen molar-refractivity contribution in [3.63, 3.8) is 0 Å². The molecule has 4 nitrogen and oxygen atoms in total. The SMILES string of the molecule is COCC(C)(O)C(C)(C)C(=O)O. The van der Waals surface area contributed by atoms with Crippen LogP contribution >= 0.6 is 0 Å². The normalized spacial score (nSPS) is 17.1. The molecule has 72 valence electrons. The van der Waals surface area contributed by atoms with Crippen LogP contribution in [0.25, 0.3) is 0 Å². The maximum atomic E-state index is 10.7. The maximum absolute atomic E-state index is 10.7. The van der Waals surface area contributed by atoms with E-state index in [2.05, 4.69) is 0 Å². The number of ether oxygens (including phenoxy) is 1. The van der Waals surface area contributed by atoms with Crippen LogP contribution in [-0.2, 0) is 9.53 Å². The molecule has 0 aromatic rings. The molecule has 2 N–H and O–H groups in total. The molecule has 1 unspecified atom stereocenters. The van der Waals surface area contributed by atoms with Gasteiger partial charge < -0.3 is 14.9 Å². The van der Waals surface area contributed by atoms with Gasteiger partial charge in [0.25, 0.3) is 0 Å². The molecule has 0 saturated carbocycles. The van der Waals surface area contributed by atoms with E-state index in [1.807, 2.05) is 0 Å². The Morgan fingerprint density at radius 1 is 1.42 bits per heavy atom. The predicted molar refractivity (Wildman–Crippen MR) is 43.9 cm³/mol. The van der Waals surface area contributed by atoms with E-state index in [1.165, 1.54) is 27.9 Å². The fourth-order valence-corrected chi connectivity index (χ4v) is 0.692. The first-order chi connectivity index (χ1) is 5.25. The monoisotopic (exact) mass is 176 g/mol. The lowest BCUT2D eigenvalue weighted by atomic mass is 9.76. The zero-order chi connectivity index (χ0) is 9.99. The van der Waals surface area contributed by atoms with Crippen LogP contribution in [0.2, 0.25) is 0 Å². The topological polar surface area (TPSA) is 66.8 Å². The molecular weight excluding hydrogens is 160 g/mol. The largest absolute Gasteiger partial charge is 0.481 e. The fraction of sp³-hybridized carbons (Fsp3) is 0.875. The number of rotatable bonds is 4. The van der Waals surface area contributed by atoms with Gasteiger partial charge in [0, 0.05) is 7.11 Å². The van der Waals surface area contributed by atoms with Crippen molar-refractivity contribution in [1.82, 2.24) is 0 Å².